The van der Waals surface area contributed by atoms with Crippen molar-refractivity contribution in [1.82, 2.24) is 9.97 Å². The molecule has 0 saturated carbocycles. The minimum absolute atomic E-state index is 0.539. The quantitative estimate of drug-likeness (QED) is 0.886. The molecule has 0 atom stereocenters. The van der Waals surface area contributed by atoms with Crippen LogP contribution in [0.1, 0.15) is 0 Å². The van der Waals surface area contributed by atoms with Crippen molar-refractivity contribution in [3.63, 3.8) is 0 Å². The van der Waals surface area contributed by atoms with Gasteiger partial charge >= 0.3 is 0 Å². The molecule has 7 heteroatoms. The Balaban J connectivity index is 2.41. The maximum atomic E-state index is 6.05. The number of benzene rings is 1. The molecule has 5 nitrogen and oxygen atoms in total. The molecule has 2 N–H and O–H groups in total. The zero-order valence-corrected chi connectivity index (χ0v) is 12.7. The van der Waals surface area contributed by atoms with E-state index in [0.29, 0.717) is 22.4 Å². The standard InChI is InChI=1S/C12H12BrClN4O/c1-15-11-10(19-2)12(17-6-16-11)18-8-5-3-4-7(14)9(8)13/h3-6H,1-2H3,(H2,15,16,17,18). The van der Waals surface area contributed by atoms with E-state index in [-0.39, 0.29) is 0 Å². The van der Waals surface area contributed by atoms with E-state index in [1.165, 1.54) is 6.33 Å². The van der Waals surface area contributed by atoms with E-state index < -0.39 is 0 Å². The number of nitrogens with zero attached hydrogens (tertiary/aromatic N) is 2. The third kappa shape index (κ3) is 2.90. The molecule has 0 amide bonds. The van der Waals surface area contributed by atoms with Crippen LogP contribution in [0.2, 0.25) is 5.02 Å². The van der Waals surface area contributed by atoms with Crippen molar-refractivity contribution in [2.75, 3.05) is 24.8 Å². The number of hydrogen-bond acceptors (Lipinski definition) is 5. The molecule has 0 radical (unpaired) electrons. The molecule has 0 fully saturated rings. The Bertz CT molecular complexity index is 594. The van der Waals surface area contributed by atoms with Crippen molar-refractivity contribution < 1.29 is 4.74 Å². The Morgan fingerprint density at radius 1 is 1.26 bits per heavy atom. The zero-order valence-electron chi connectivity index (χ0n) is 10.4. The smallest absolute Gasteiger partial charge is 0.204 e. The van der Waals surface area contributed by atoms with Crippen molar-refractivity contribution in [2.24, 2.45) is 0 Å². The van der Waals surface area contributed by atoms with Gasteiger partial charge in [0, 0.05) is 7.05 Å². The lowest BCUT2D eigenvalue weighted by atomic mass is 10.3. The molecule has 2 rings (SSSR count). The van der Waals surface area contributed by atoms with Crippen LogP contribution in [-0.2, 0) is 0 Å². The van der Waals surface area contributed by atoms with Crippen LogP contribution in [-0.4, -0.2) is 24.1 Å². The second-order valence-corrected chi connectivity index (χ2v) is 4.78. The van der Waals surface area contributed by atoms with E-state index in [1.54, 1.807) is 20.2 Å². The molecule has 2 aromatic rings. The second-order valence-electron chi connectivity index (χ2n) is 3.58. The summed E-state index contributed by atoms with van der Waals surface area (Å²) in [4.78, 5) is 8.26. The van der Waals surface area contributed by atoms with Gasteiger partial charge in [0.1, 0.15) is 6.33 Å². The predicted octanol–water partition coefficient (Wildman–Crippen LogP) is 3.69. The van der Waals surface area contributed by atoms with Gasteiger partial charge in [0.25, 0.3) is 0 Å². The number of rotatable bonds is 4. The third-order valence-corrected chi connectivity index (χ3v) is 3.85. The van der Waals surface area contributed by atoms with Gasteiger partial charge in [-0.3, -0.25) is 0 Å². The third-order valence-electron chi connectivity index (χ3n) is 2.45. The molecule has 0 unspecified atom stereocenters. The van der Waals surface area contributed by atoms with Crippen molar-refractivity contribution >= 4 is 44.9 Å². The fourth-order valence-corrected chi connectivity index (χ4v) is 2.10. The lowest BCUT2D eigenvalue weighted by Gasteiger charge is -2.13. The molecule has 0 aliphatic carbocycles. The summed E-state index contributed by atoms with van der Waals surface area (Å²) in [6.07, 6.45) is 1.45. The fraction of sp³-hybridized carbons (Fsp3) is 0.167. The van der Waals surface area contributed by atoms with Gasteiger partial charge in [-0.2, -0.15) is 0 Å². The monoisotopic (exact) mass is 342 g/mol. The van der Waals surface area contributed by atoms with Crippen molar-refractivity contribution in [2.45, 2.75) is 0 Å². The lowest BCUT2D eigenvalue weighted by molar-refractivity contribution is 0.415. The highest BCUT2D eigenvalue weighted by Gasteiger charge is 2.13. The first-order valence-electron chi connectivity index (χ1n) is 5.45. The van der Waals surface area contributed by atoms with Gasteiger partial charge in [-0.1, -0.05) is 17.7 Å². The number of ether oxygens (including phenoxy) is 1. The number of anilines is 3. The first kappa shape index (κ1) is 13.9. The van der Waals surface area contributed by atoms with Crippen LogP contribution in [0, 0.1) is 0 Å². The Kier molecular flexibility index (Phi) is 4.44. The van der Waals surface area contributed by atoms with E-state index in [1.807, 2.05) is 12.1 Å². The summed E-state index contributed by atoms with van der Waals surface area (Å²) in [6.45, 7) is 0. The number of methoxy groups -OCH3 is 1. The van der Waals surface area contributed by atoms with Crippen LogP contribution in [0.5, 0.6) is 5.75 Å². The molecule has 0 aliphatic heterocycles. The van der Waals surface area contributed by atoms with Gasteiger partial charge in [0.05, 0.1) is 22.3 Å². The van der Waals surface area contributed by atoms with E-state index in [0.717, 1.165) is 10.2 Å². The van der Waals surface area contributed by atoms with Gasteiger partial charge in [-0.05, 0) is 28.1 Å². The van der Waals surface area contributed by atoms with Gasteiger partial charge in [-0.15, -0.1) is 0 Å². The van der Waals surface area contributed by atoms with Gasteiger partial charge in [0.2, 0.25) is 5.75 Å². The molecule has 1 aromatic heterocycles. The normalized spacial score (nSPS) is 10.1. The van der Waals surface area contributed by atoms with Crippen LogP contribution in [0.15, 0.2) is 29.0 Å². The van der Waals surface area contributed by atoms with Crippen LogP contribution in [0.3, 0.4) is 0 Å². The predicted molar refractivity (Wildman–Crippen MR) is 80.6 cm³/mol. The minimum Gasteiger partial charge on any atom is -0.490 e. The molecular weight excluding hydrogens is 332 g/mol. The summed E-state index contributed by atoms with van der Waals surface area (Å²) in [7, 11) is 3.33. The maximum Gasteiger partial charge on any atom is 0.204 e. The van der Waals surface area contributed by atoms with Crippen LogP contribution in [0.25, 0.3) is 0 Å². The summed E-state index contributed by atoms with van der Waals surface area (Å²) < 4.78 is 6.08. The Hall–Kier alpha value is -1.53. The van der Waals surface area contributed by atoms with Crippen LogP contribution in [0.4, 0.5) is 17.3 Å². The highest BCUT2D eigenvalue weighted by Crippen LogP contribution is 2.35. The molecule has 100 valence electrons. The number of nitrogens with one attached hydrogen (secondary N) is 2. The highest BCUT2D eigenvalue weighted by molar-refractivity contribution is 9.10. The summed E-state index contributed by atoms with van der Waals surface area (Å²) in [5.41, 5.74) is 0.798. The number of hydrogen-bond donors (Lipinski definition) is 2. The van der Waals surface area contributed by atoms with E-state index in [9.17, 15) is 0 Å². The first-order valence-corrected chi connectivity index (χ1v) is 6.62. The lowest BCUT2D eigenvalue weighted by Crippen LogP contribution is -2.03. The highest BCUT2D eigenvalue weighted by atomic mass is 79.9. The topological polar surface area (TPSA) is 59.1 Å². The molecule has 0 aliphatic rings. The van der Waals surface area contributed by atoms with Crippen molar-refractivity contribution in [1.29, 1.82) is 0 Å². The molecule has 1 heterocycles. The molecule has 19 heavy (non-hydrogen) atoms. The largest absolute Gasteiger partial charge is 0.490 e. The van der Waals surface area contributed by atoms with Gasteiger partial charge < -0.3 is 15.4 Å². The van der Waals surface area contributed by atoms with E-state index in [2.05, 4.69) is 36.5 Å². The van der Waals surface area contributed by atoms with Crippen molar-refractivity contribution in [3.05, 3.63) is 34.0 Å². The van der Waals surface area contributed by atoms with Crippen molar-refractivity contribution in [3.8, 4) is 5.75 Å². The summed E-state index contributed by atoms with van der Waals surface area (Å²) >= 11 is 9.47. The summed E-state index contributed by atoms with van der Waals surface area (Å²) in [5.74, 6) is 1.71. The minimum atomic E-state index is 0.539. The van der Waals surface area contributed by atoms with Gasteiger partial charge in [0.15, 0.2) is 11.6 Å². The summed E-state index contributed by atoms with van der Waals surface area (Å²) in [5, 5.41) is 6.72. The van der Waals surface area contributed by atoms with E-state index >= 15 is 0 Å². The number of halogens is 2. The average molecular weight is 344 g/mol. The zero-order chi connectivity index (χ0) is 13.8. The molecule has 0 saturated heterocycles. The molecular formula is C12H12BrClN4O. The Morgan fingerprint density at radius 2 is 2.00 bits per heavy atom. The van der Waals surface area contributed by atoms with Crippen LogP contribution >= 0.6 is 27.5 Å². The van der Waals surface area contributed by atoms with E-state index in [4.69, 9.17) is 16.3 Å². The summed E-state index contributed by atoms with van der Waals surface area (Å²) in [6, 6.07) is 5.53. The maximum absolute atomic E-state index is 6.05. The average Bonchev–Trinajstić information content (AvgIpc) is 2.43. The second kappa shape index (κ2) is 6.08. The number of aromatic nitrogens is 2. The Morgan fingerprint density at radius 3 is 2.68 bits per heavy atom. The molecule has 0 spiro atoms. The Labute approximate surface area is 124 Å². The molecule has 1 aromatic carbocycles. The van der Waals surface area contributed by atoms with Gasteiger partial charge in [-0.25, -0.2) is 9.97 Å². The fourth-order valence-electron chi connectivity index (χ4n) is 1.56. The molecule has 0 bridgehead atoms. The first-order chi connectivity index (χ1) is 9.17. The SMILES string of the molecule is CNc1ncnc(Nc2cccc(Cl)c2Br)c1OC. The van der Waals surface area contributed by atoms with Crippen LogP contribution < -0.4 is 15.4 Å².